The van der Waals surface area contributed by atoms with Crippen LogP contribution in [0.3, 0.4) is 0 Å². The third kappa shape index (κ3) is 9.21. The molecule has 12 heteroatoms. The summed E-state index contributed by atoms with van der Waals surface area (Å²) in [6.07, 6.45) is 11.8. The molecule has 2 aliphatic heterocycles. The summed E-state index contributed by atoms with van der Waals surface area (Å²) < 4.78 is 43.0. The van der Waals surface area contributed by atoms with Gasteiger partial charge in [0.15, 0.2) is 0 Å². The lowest BCUT2D eigenvalue weighted by Gasteiger charge is -2.35. The Labute approximate surface area is 321 Å². The predicted molar refractivity (Wildman–Crippen MR) is 212 cm³/mol. The number of ether oxygens (including phenoxy) is 2. The second kappa shape index (κ2) is 16.3. The fourth-order valence-corrected chi connectivity index (χ4v) is 9.19. The Morgan fingerprint density at radius 1 is 0.944 bits per heavy atom. The van der Waals surface area contributed by atoms with E-state index in [-0.39, 0.29) is 22.3 Å². The number of nitrogens with zero attached hydrogens (tertiary/aromatic N) is 6. The summed E-state index contributed by atoms with van der Waals surface area (Å²) in [4.78, 5) is 24.0. The molecular formula is C42H55N7O4S. The van der Waals surface area contributed by atoms with Crippen molar-refractivity contribution in [2.75, 3.05) is 42.5 Å². The van der Waals surface area contributed by atoms with Crippen LogP contribution in [0.2, 0.25) is 0 Å². The molecule has 7 rings (SSSR count). The van der Waals surface area contributed by atoms with Crippen LogP contribution >= 0.6 is 0 Å². The molecule has 288 valence electrons. The molecule has 2 aromatic heterocycles. The first kappa shape index (κ1) is 38.2. The molecule has 11 nitrogen and oxygen atoms in total. The molecule has 3 aliphatic rings. The van der Waals surface area contributed by atoms with Gasteiger partial charge in [-0.15, -0.1) is 0 Å². The zero-order chi connectivity index (χ0) is 37.9. The molecule has 4 bridgehead atoms. The fourth-order valence-electron chi connectivity index (χ4n) is 8.18. The first-order valence-electron chi connectivity index (χ1n) is 19.5. The summed E-state index contributed by atoms with van der Waals surface area (Å²) in [6.45, 7) is 15.0. The quantitative estimate of drug-likeness (QED) is 0.203. The van der Waals surface area contributed by atoms with Crippen molar-refractivity contribution in [3.8, 4) is 17.1 Å². The van der Waals surface area contributed by atoms with Crippen molar-refractivity contribution in [2.45, 2.75) is 104 Å². The van der Waals surface area contributed by atoms with Gasteiger partial charge in [-0.05, 0) is 66.8 Å². The van der Waals surface area contributed by atoms with E-state index in [1.54, 1.807) is 18.2 Å². The zero-order valence-electron chi connectivity index (χ0n) is 32.5. The van der Waals surface area contributed by atoms with Gasteiger partial charge in [-0.25, -0.2) is 28.1 Å². The molecule has 4 aromatic rings. The Morgan fingerprint density at radius 3 is 2.43 bits per heavy atom. The topological polar surface area (TPSA) is 123 Å². The third-order valence-corrected chi connectivity index (χ3v) is 12.3. The van der Waals surface area contributed by atoms with Gasteiger partial charge in [0.1, 0.15) is 12.4 Å². The minimum absolute atomic E-state index is 0.0000969. The van der Waals surface area contributed by atoms with E-state index in [1.807, 2.05) is 25.4 Å². The number of benzene rings is 2. The molecule has 1 N–H and O–H groups in total. The smallest absolute Gasteiger partial charge is 0.264 e. The van der Waals surface area contributed by atoms with Crippen molar-refractivity contribution < 1.29 is 17.9 Å². The van der Waals surface area contributed by atoms with E-state index in [9.17, 15) is 8.42 Å². The molecule has 0 amide bonds. The number of sulfonamides is 1. The summed E-state index contributed by atoms with van der Waals surface area (Å²) in [5.41, 5.74) is 6.63. The molecule has 1 atom stereocenters. The lowest BCUT2D eigenvalue weighted by molar-refractivity contribution is 0.0832. The highest BCUT2D eigenvalue weighted by Gasteiger charge is 2.30. The number of hydrogen-bond donors (Lipinski definition) is 1. The van der Waals surface area contributed by atoms with Gasteiger partial charge in [0, 0.05) is 36.8 Å². The normalized spacial score (nSPS) is 19.9. The molecule has 1 saturated carbocycles. The molecular weight excluding hydrogens is 699 g/mol. The number of morpholine rings is 1. The van der Waals surface area contributed by atoms with Crippen LogP contribution in [-0.2, 0) is 34.3 Å². The average Bonchev–Trinajstić information content (AvgIpc) is 3.15. The minimum Gasteiger partial charge on any atom is -0.476 e. The van der Waals surface area contributed by atoms with Crippen LogP contribution in [0.15, 0.2) is 59.8 Å². The number of aryl methyl sites for hydroxylation is 1. The Hall–Kier alpha value is -4.13. The number of hydrogen-bond acceptors (Lipinski definition) is 10. The van der Waals surface area contributed by atoms with Crippen LogP contribution in [-0.4, -0.2) is 72.2 Å². The fraction of sp³-hybridized carbons (Fsp3) is 0.524. The highest BCUT2D eigenvalue weighted by atomic mass is 32.2. The van der Waals surface area contributed by atoms with Gasteiger partial charge < -0.3 is 14.4 Å². The van der Waals surface area contributed by atoms with E-state index < -0.39 is 10.0 Å². The van der Waals surface area contributed by atoms with E-state index in [2.05, 4.69) is 60.4 Å². The van der Waals surface area contributed by atoms with Crippen molar-refractivity contribution in [3.63, 3.8) is 0 Å². The number of nitrogens with one attached hydrogen (secondary N) is 1. The largest absolute Gasteiger partial charge is 0.476 e. The summed E-state index contributed by atoms with van der Waals surface area (Å²) >= 11 is 0. The van der Waals surface area contributed by atoms with E-state index in [0.717, 1.165) is 53.9 Å². The molecule has 2 fully saturated rings. The van der Waals surface area contributed by atoms with Gasteiger partial charge in [0.05, 0.1) is 48.4 Å². The van der Waals surface area contributed by atoms with Crippen molar-refractivity contribution >= 4 is 21.7 Å². The van der Waals surface area contributed by atoms with Crippen molar-refractivity contribution in [1.29, 1.82) is 0 Å². The molecule has 4 heterocycles. The van der Waals surface area contributed by atoms with Gasteiger partial charge >= 0.3 is 0 Å². The molecule has 1 saturated heterocycles. The summed E-state index contributed by atoms with van der Waals surface area (Å²) in [5, 5.41) is 0. The van der Waals surface area contributed by atoms with Gasteiger partial charge in [-0.1, -0.05) is 83.2 Å². The van der Waals surface area contributed by atoms with Crippen LogP contribution in [0.4, 0.5) is 11.6 Å². The van der Waals surface area contributed by atoms with E-state index in [4.69, 9.17) is 29.4 Å². The van der Waals surface area contributed by atoms with Gasteiger partial charge in [-0.2, -0.15) is 4.98 Å². The van der Waals surface area contributed by atoms with Crippen molar-refractivity contribution in [2.24, 2.45) is 11.3 Å². The highest BCUT2D eigenvalue weighted by Crippen LogP contribution is 2.37. The average molecular weight is 754 g/mol. The lowest BCUT2D eigenvalue weighted by atomic mass is 9.82. The lowest BCUT2D eigenvalue weighted by Crippen LogP contribution is -2.41. The first-order chi connectivity index (χ1) is 25.9. The Balaban J connectivity index is 1.29. The van der Waals surface area contributed by atoms with Gasteiger partial charge in [0.2, 0.25) is 11.8 Å². The number of rotatable bonds is 7. The molecule has 1 aliphatic carbocycles. The number of anilines is 2. The standard InChI is InChI=1S/C42H55N7O4S/c1-29-11-9-15-33(21-31-12-7-6-8-13-31)38(29)39-30(2)40-46-41(45-39)47-54(50,51)36-16-10-14-32(22-36)26-49(34(28-53-40)23-42(3,4)5)27-37-43-24-35(25-44-37)48-17-19-52-20-18-48/h9-11,14-16,22,24-25,31,34H,6-8,12-13,17-21,23,26-28H2,1-5H3,(H,45,46,47)/t34-/m1/s1. The van der Waals surface area contributed by atoms with Gasteiger partial charge in [-0.3, -0.25) is 4.90 Å². The number of fused-ring (bicyclic) bond motifs is 4. The maximum atomic E-state index is 14.0. The summed E-state index contributed by atoms with van der Waals surface area (Å²) in [5.74, 6) is 1.68. The van der Waals surface area contributed by atoms with E-state index in [1.165, 1.54) is 37.7 Å². The van der Waals surface area contributed by atoms with Crippen LogP contribution in [0.1, 0.15) is 87.4 Å². The summed E-state index contributed by atoms with van der Waals surface area (Å²) in [6, 6.07) is 13.5. The molecule has 0 spiro atoms. The second-order valence-electron chi connectivity index (χ2n) is 16.5. The van der Waals surface area contributed by atoms with Crippen LogP contribution < -0.4 is 14.4 Å². The van der Waals surface area contributed by atoms with Crippen molar-refractivity contribution in [3.05, 3.63) is 82.9 Å². The van der Waals surface area contributed by atoms with Crippen LogP contribution in [0, 0.1) is 25.2 Å². The Morgan fingerprint density at radius 2 is 1.69 bits per heavy atom. The summed E-state index contributed by atoms with van der Waals surface area (Å²) in [7, 11) is -4.04. The molecule has 0 unspecified atom stereocenters. The van der Waals surface area contributed by atoms with Gasteiger partial charge in [0.25, 0.3) is 10.0 Å². The number of aromatic nitrogens is 4. The Bertz CT molecular complexity index is 2020. The Kier molecular flexibility index (Phi) is 11.5. The van der Waals surface area contributed by atoms with Crippen LogP contribution in [0.5, 0.6) is 5.88 Å². The second-order valence-corrected chi connectivity index (χ2v) is 18.2. The van der Waals surface area contributed by atoms with Crippen molar-refractivity contribution in [1.82, 2.24) is 24.8 Å². The zero-order valence-corrected chi connectivity index (χ0v) is 33.3. The maximum Gasteiger partial charge on any atom is 0.264 e. The third-order valence-electron chi connectivity index (χ3n) is 10.9. The monoisotopic (exact) mass is 753 g/mol. The molecule has 2 aromatic carbocycles. The van der Waals surface area contributed by atoms with Crippen LogP contribution in [0.25, 0.3) is 11.3 Å². The van der Waals surface area contributed by atoms with E-state index >= 15 is 0 Å². The molecule has 0 radical (unpaired) electrons. The first-order valence-corrected chi connectivity index (χ1v) is 21.0. The molecule has 54 heavy (non-hydrogen) atoms. The highest BCUT2D eigenvalue weighted by molar-refractivity contribution is 7.92. The predicted octanol–water partition coefficient (Wildman–Crippen LogP) is 7.51. The van der Waals surface area contributed by atoms with E-state index in [0.29, 0.717) is 56.2 Å². The minimum atomic E-state index is -4.04. The maximum absolute atomic E-state index is 14.0. The SMILES string of the molecule is Cc1cccc(CC2CCCCC2)c1-c1nc2nc(c1C)OC[C@@H](CC(C)(C)C)N(Cc1ncc(N3CCOCC3)cn1)Cc1cccc(c1)S(=O)(=O)N2.